The fourth-order valence-corrected chi connectivity index (χ4v) is 3.45. The smallest absolute Gasteiger partial charge is 0.408 e. The average molecular weight is 346 g/mol. The van der Waals surface area contributed by atoms with Gasteiger partial charge in [-0.3, -0.25) is 9.36 Å². The number of thiophene rings is 1. The number of carbonyl (C=O) groups is 1. The zero-order valence-electron chi connectivity index (χ0n) is 13.4. The Labute approximate surface area is 142 Å². The normalized spacial score (nSPS) is 12.4. The summed E-state index contributed by atoms with van der Waals surface area (Å²) in [6, 6.07) is 11.0. The van der Waals surface area contributed by atoms with E-state index in [1.807, 2.05) is 19.1 Å². The van der Waals surface area contributed by atoms with Gasteiger partial charge in [-0.05, 0) is 31.2 Å². The zero-order valence-corrected chi connectivity index (χ0v) is 14.3. The van der Waals surface area contributed by atoms with Gasteiger partial charge in [0.1, 0.15) is 12.6 Å². The van der Waals surface area contributed by atoms with Crippen LogP contribution in [0.25, 0.3) is 11.1 Å². The molecule has 3 rings (SSSR count). The Balaban J connectivity index is 1.67. The number of oxazole rings is 1. The molecule has 0 unspecified atom stereocenters. The van der Waals surface area contributed by atoms with Gasteiger partial charge in [-0.2, -0.15) is 0 Å². The number of hydrogen-bond donors (Lipinski definition) is 1. The van der Waals surface area contributed by atoms with E-state index in [1.165, 1.54) is 9.44 Å². The number of aryl methyl sites for hydroxylation is 1. The Morgan fingerprint density at radius 2 is 2.12 bits per heavy atom. The van der Waals surface area contributed by atoms with Crippen molar-refractivity contribution in [2.24, 2.45) is 0 Å². The maximum absolute atomic E-state index is 12.2. The minimum Gasteiger partial charge on any atom is -0.408 e. The number of methoxy groups -OCH3 is 1. The molecule has 0 aliphatic rings. The lowest BCUT2D eigenvalue weighted by Gasteiger charge is -2.14. The number of hydrogen-bond acceptors (Lipinski definition) is 5. The van der Waals surface area contributed by atoms with Crippen LogP contribution in [0.4, 0.5) is 0 Å². The maximum Gasteiger partial charge on any atom is 0.420 e. The molecule has 0 radical (unpaired) electrons. The van der Waals surface area contributed by atoms with Crippen LogP contribution >= 0.6 is 11.3 Å². The number of benzene rings is 1. The number of amides is 1. The van der Waals surface area contributed by atoms with Gasteiger partial charge in [0.15, 0.2) is 5.58 Å². The van der Waals surface area contributed by atoms with Crippen LogP contribution in [0.15, 0.2) is 45.6 Å². The molecule has 1 N–H and O–H groups in total. The first-order valence-corrected chi connectivity index (χ1v) is 8.34. The number of ether oxygens (including phenoxy) is 1. The Morgan fingerprint density at radius 1 is 1.33 bits per heavy atom. The lowest BCUT2D eigenvalue weighted by atomic mass is 10.3. The van der Waals surface area contributed by atoms with E-state index in [2.05, 4.69) is 5.32 Å². The van der Waals surface area contributed by atoms with Crippen LogP contribution in [0.2, 0.25) is 0 Å². The molecule has 1 aromatic carbocycles. The van der Waals surface area contributed by atoms with Crippen molar-refractivity contribution in [3.05, 3.63) is 56.7 Å². The largest absolute Gasteiger partial charge is 0.420 e. The van der Waals surface area contributed by atoms with Gasteiger partial charge in [0.05, 0.1) is 5.52 Å². The molecule has 126 valence electrons. The Kier molecular flexibility index (Phi) is 4.82. The summed E-state index contributed by atoms with van der Waals surface area (Å²) in [5.41, 5.74) is 1.08. The third kappa shape index (κ3) is 3.42. The van der Waals surface area contributed by atoms with Gasteiger partial charge in [0.2, 0.25) is 5.91 Å². The van der Waals surface area contributed by atoms with Crippen molar-refractivity contribution in [1.82, 2.24) is 9.88 Å². The van der Waals surface area contributed by atoms with E-state index in [0.717, 1.165) is 4.88 Å². The van der Waals surface area contributed by atoms with E-state index >= 15 is 0 Å². The lowest BCUT2D eigenvalue weighted by molar-refractivity contribution is -0.122. The number of fused-ring (bicyclic) bond motifs is 1. The molecule has 0 saturated carbocycles. The van der Waals surface area contributed by atoms with Crippen LogP contribution in [0, 0.1) is 6.92 Å². The highest BCUT2D eigenvalue weighted by Gasteiger charge is 2.16. The summed E-state index contributed by atoms with van der Waals surface area (Å²) in [6.45, 7) is 2.28. The number of nitrogens with one attached hydrogen (secondary N) is 1. The Hall–Kier alpha value is -2.38. The van der Waals surface area contributed by atoms with Crippen molar-refractivity contribution < 1.29 is 13.9 Å². The average Bonchev–Trinajstić information content (AvgIpc) is 3.12. The first kappa shape index (κ1) is 16.5. The second-order valence-electron chi connectivity index (χ2n) is 5.40. The van der Waals surface area contributed by atoms with E-state index in [9.17, 15) is 9.59 Å². The molecule has 7 heteroatoms. The van der Waals surface area contributed by atoms with Crippen LogP contribution in [0.5, 0.6) is 0 Å². The molecule has 0 aliphatic heterocycles. The van der Waals surface area contributed by atoms with E-state index < -0.39 is 5.76 Å². The summed E-state index contributed by atoms with van der Waals surface area (Å²) in [5.74, 6) is -0.803. The van der Waals surface area contributed by atoms with Gasteiger partial charge in [0, 0.05) is 23.4 Å². The van der Waals surface area contributed by atoms with Gasteiger partial charge in [-0.15, -0.1) is 11.3 Å². The van der Waals surface area contributed by atoms with E-state index in [4.69, 9.17) is 9.15 Å². The summed E-state index contributed by atoms with van der Waals surface area (Å²) >= 11 is 1.64. The molecule has 3 aromatic rings. The molecule has 2 aromatic heterocycles. The van der Waals surface area contributed by atoms with E-state index in [-0.39, 0.29) is 18.6 Å². The molecule has 0 fully saturated rings. The number of nitrogens with zero attached hydrogens (tertiary/aromatic N) is 1. The first-order valence-electron chi connectivity index (χ1n) is 7.52. The minimum absolute atomic E-state index is 0.0876. The molecule has 0 bridgehead atoms. The monoisotopic (exact) mass is 346 g/mol. The van der Waals surface area contributed by atoms with Crippen molar-refractivity contribution in [2.45, 2.75) is 19.6 Å². The molecule has 2 heterocycles. The van der Waals surface area contributed by atoms with Gasteiger partial charge >= 0.3 is 5.76 Å². The van der Waals surface area contributed by atoms with Gasteiger partial charge in [0.25, 0.3) is 0 Å². The summed E-state index contributed by atoms with van der Waals surface area (Å²) < 4.78 is 11.9. The Morgan fingerprint density at radius 3 is 2.83 bits per heavy atom. The predicted octanol–water partition coefficient (Wildman–Crippen LogP) is 2.47. The number of aromatic nitrogens is 1. The highest BCUT2D eigenvalue weighted by molar-refractivity contribution is 7.12. The third-order valence-corrected chi connectivity index (χ3v) is 4.82. The number of carbonyl (C=O) groups excluding carboxylic acids is 1. The van der Waals surface area contributed by atoms with E-state index in [0.29, 0.717) is 17.6 Å². The standard InChI is InChI=1S/C17H18N2O4S/c1-11-7-8-15(24-11)14(22-2)9-18-16(20)10-19-12-5-3-4-6-13(12)23-17(19)21/h3-8,14H,9-10H2,1-2H3,(H,18,20)/t14-/m0/s1. The van der Waals surface area contributed by atoms with Crippen LogP contribution < -0.4 is 11.1 Å². The quantitative estimate of drug-likeness (QED) is 0.744. The first-order chi connectivity index (χ1) is 11.6. The fraction of sp³-hybridized carbons (Fsp3) is 0.294. The highest BCUT2D eigenvalue weighted by Crippen LogP contribution is 2.24. The lowest BCUT2D eigenvalue weighted by Crippen LogP contribution is -2.33. The van der Waals surface area contributed by atoms with Gasteiger partial charge in [-0.25, -0.2) is 4.79 Å². The molecular weight excluding hydrogens is 328 g/mol. The van der Waals surface area contributed by atoms with Crippen molar-refractivity contribution in [3.8, 4) is 0 Å². The Bertz CT molecular complexity index is 909. The van der Waals surface area contributed by atoms with Crippen molar-refractivity contribution >= 4 is 28.3 Å². The fourth-order valence-electron chi connectivity index (χ4n) is 2.50. The van der Waals surface area contributed by atoms with Crippen LogP contribution in [-0.2, 0) is 16.1 Å². The van der Waals surface area contributed by atoms with Crippen molar-refractivity contribution in [2.75, 3.05) is 13.7 Å². The second-order valence-corrected chi connectivity index (χ2v) is 6.72. The van der Waals surface area contributed by atoms with Crippen molar-refractivity contribution in [3.63, 3.8) is 0 Å². The van der Waals surface area contributed by atoms with Crippen LogP contribution in [0.1, 0.15) is 15.9 Å². The number of para-hydroxylation sites is 2. The minimum atomic E-state index is -0.538. The molecule has 0 aliphatic carbocycles. The van der Waals surface area contributed by atoms with Crippen LogP contribution in [0.3, 0.4) is 0 Å². The second kappa shape index (κ2) is 7.02. The van der Waals surface area contributed by atoms with Crippen molar-refractivity contribution in [1.29, 1.82) is 0 Å². The third-order valence-electron chi connectivity index (χ3n) is 3.72. The topological polar surface area (TPSA) is 73.5 Å². The summed E-state index contributed by atoms with van der Waals surface area (Å²) in [4.78, 5) is 26.3. The zero-order chi connectivity index (χ0) is 17.1. The van der Waals surface area contributed by atoms with Gasteiger partial charge in [-0.1, -0.05) is 12.1 Å². The molecule has 6 nitrogen and oxygen atoms in total. The van der Waals surface area contributed by atoms with E-state index in [1.54, 1.807) is 42.7 Å². The molecule has 0 spiro atoms. The highest BCUT2D eigenvalue weighted by atomic mass is 32.1. The predicted molar refractivity (Wildman–Crippen MR) is 92.3 cm³/mol. The number of rotatable bonds is 6. The SMILES string of the molecule is CO[C@@H](CNC(=O)Cn1c(=O)oc2ccccc21)c1ccc(C)s1. The summed E-state index contributed by atoms with van der Waals surface area (Å²) in [7, 11) is 1.61. The van der Waals surface area contributed by atoms with Crippen LogP contribution in [-0.4, -0.2) is 24.1 Å². The molecule has 1 atom stereocenters. The summed E-state index contributed by atoms with van der Waals surface area (Å²) in [6.07, 6.45) is -0.203. The van der Waals surface area contributed by atoms with Gasteiger partial charge < -0.3 is 14.5 Å². The maximum atomic E-state index is 12.2. The summed E-state index contributed by atoms with van der Waals surface area (Å²) in [5, 5.41) is 2.81. The molecule has 0 saturated heterocycles. The molecule has 1 amide bonds. The molecule has 24 heavy (non-hydrogen) atoms. The molecular formula is C17H18N2O4S.